The molecule has 110 valence electrons. The molecule has 0 amide bonds. The lowest BCUT2D eigenvalue weighted by molar-refractivity contribution is 0.0992. The number of ketones is 1. The van der Waals surface area contributed by atoms with Gasteiger partial charge in [0.25, 0.3) is 0 Å². The van der Waals surface area contributed by atoms with Crippen LogP contribution in [0.4, 0.5) is 0 Å². The van der Waals surface area contributed by atoms with Crippen molar-refractivity contribution in [3.05, 3.63) is 63.6 Å². The molecule has 0 fully saturated rings. The first-order valence-electron chi connectivity index (χ1n) is 6.68. The van der Waals surface area contributed by atoms with Gasteiger partial charge in [-0.2, -0.15) is 0 Å². The van der Waals surface area contributed by atoms with Gasteiger partial charge >= 0.3 is 0 Å². The molecular formula is C17H17BrO2S. The van der Waals surface area contributed by atoms with Crippen LogP contribution in [0.5, 0.6) is 0 Å². The summed E-state index contributed by atoms with van der Waals surface area (Å²) in [6.45, 7) is 5.60. The van der Waals surface area contributed by atoms with Gasteiger partial charge in [0.1, 0.15) is 0 Å². The first kappa shape index (κ1) is 16.1. The van der Waals surface area contributed by atoms with E-state index in [1.807, 2.05) is 44.2 Å². The minimum absolute atomic E-state index is 0.0956. The molecule has 0 bridgehead atoms. The molecule has 21 heavy (non-hydrogen) atoms. The molecule has 2 unspecified atom stereocenters. The van der Waals surface area contributed by atoms with Gasteiger partial charge in [-0.3, -0.25) is 9.00 Å². The van der Waals surface area contributed by atoms with E-state index in [9.17, 15) is 9.00 Å². The fourth-order valence-corrected chi connectivity index (χ4v) is 3.72. The maximum absolute atomic E-state index is 12.7. The third-order valence-electron chi connectivity index (χ3n) is 3.38. The maximum atomic E-state index is 12.7. The average molecular weight is 365 g/mol. The van der Waals surface area contributed by atoms with Crippen LogP contribution in [-0.4, -0.2) is 15.2 Å². The molecule has 0 heterocycles. The first-order valence-corrected chi connectivity index (χ1v) is 8.68. The zero-order valence-electron chi connectivity index (χ0n) is 12.2. The van der Waals surface area contributed by atoms with Gasteiger partial charge in [0.2, 0.25) is 0 Å². The van der Waals surface area contributed by atoms with E-state index in [1.54, 1.807) is 19.1 Å². The molecule has 2 atom stereocenters. The summed E-state index contributed by atoms with van der Waals surface area (Å²) in [6.07, 6.45) is 0. The lowest BCUT2D eigenvalue weighted by Crippen LogP contribution is -2.23. The first-order chi connectivity index (χ1) is 9.90. The van der Waals surface area contributed by atoms with E-state index < -0.39 is 16.0 Å². The highest BCUT2D eigenvalue weighted by Gasteiger charge is 2.23. The highest BCUT2D eigenvalue weighted by atomic mass is 79.9. The Labute approximate surface area is 136 Å². The Bertz CT molecular complexity index is 692. The topological polar surface area (TPSA) is 34.1 Å². The van der Waals surface area contributed by atoms with Gasteiger partial charge in [0, 0.05) is 14.9 Å². The normalized spacial score (nSPS) is 13.7. The van der Waals surface area contributed by atoms with Crippen LogP contribution >= 0.6 is 15.9 Å². The van der Waals surface area contributed by atoms with Crippen molar-refractivity contribution in [3.8, 4) is 0 Å². The number of carbonyl (C=O) groups is 1. The summed E-state index contributed by atoms with van der Waals surface area (Å²) in [5.74, 6) is -0.0956. The average Bonchev–Trinajstić information content (AvgIpc) is 2.48. The minimum Gasteiger partial charge on any atom is -0.293 e. The summed E-state index contributed by atoms with van der Waals surface area (Å²) in [7, 11) is -1.35. The number of benzene rings is 2. The maximum Gasteiger partial charge on any atom is 0.178 e. The van der Waals surface area contributed by atoms with Crippen LogP contribution in [0.2, 0.25) is 0 Å². The monoisotopic (exact) mass is 364 g/mol. The third kappa shape index (κ3) is 3.69. The van der Waals surface area contributed by atoms with Crippen molar-refractivity contribution in [1.29, 1.82) is 0 Å². The number of hydrogen-bond acceptors (Lipinski definition) is 2. The van der Waals surface area contributed by atoms with E-state index in [0.717, 1.165) is 20.5 Å². The molecule has 0 aliphatic carbocycles. The molecule has 0 saturated carbocycles. The van der Waals surface area contributed by atoms with Crippen molar-refractivity contribution in [2.45, 2.75) is 30.9 Å². The van der Waals surface area contributed by atoms with E-state index in [1.165, 1.54) is 0 Å². The summed E-state index contributed by atoms with van der Waals surface area (Å²) >= 11 is 3.34. The second-order valence-corrected chi connectivity index (χ2v) is 7.74. The number of rotatable bonds is 4. The molecule has 2 aromatic carbocycles. The predicted molar refractivity (Wildman–Crippen MR) is 90.3 cm³/mol. The Morgan fingerprint density at radius 3 is 2.33 bits per heavy atom. The van der Waals surface area contributed by atoms with Gasteiger partial charge in [0.05, 0.1) is 16.0 Å². The van der Waals surface area contributed by atoms with Gasteiger partial charge in [-0.25, -0.2) is 0 Å². The Morgan fingerprint density at radius 1 is 1.10 bits per heavy atom. The van der Waals surface area contributed by atoms with E-state index in [4.69, 9.17) is 0 Å². The van der Waals surface area contributed by atoms with E-state index in [-0.39, 0.29) is 5.78 Å². The Kier molecular flexibility index (Phi) is 5.12. The van der Waals surface area contributed by atoms with Crippen LogP contribution in [0.3, 0.4) is 0 Å². The zero-order chi connectivity index (χ0) is 15.6. The van der Waals surface area contributed by atoms with E-state index >= 15 is 0 Å². The largest absolute Gasteiger partial charge is 0.293 e. The number of Topliss-reactive ketones (excluding diaryl/α,β-unsaturated/α-hetero) is 1. The highest BCUT2D eigenvalue weighted by molar-refractivity contribution is 9.10. The molecular weight excluding hydrogens is 348 g/mol. The van der Waals surface area contributed by atoms with Crippen LogP contribution in [0.1, 0.15) is 28.4 Å². The molecule has 2 nitrogen and oxygen atoms in total. The second kappa shape index (κ2) is 6.67. The number of halogens is 1. The molecule has 0 aromatic heterocycles. The summed E-state index contributed by atoms with van der Waals surface area (Å²) < 4.78 is 13.6. The van der Waals surface area contributed by atoms with E-state index in [0.29, 0.717) is 5.56 Å². The van der Waals surface area contributed by atoms with E-state index in [2.05, 4.69) is 15.9 Å². The van der Waals surface area contributed by atoms with Crippen LogP contribution in [0.25, 0.3) is 0 Å². The van der Waals surface area contributed by atoms with Gasteiger partial charge in [-0.1, -0.05) is 40.2 Å². The van der Waals surface area contributed by atoms with Crippen molar-refractivity contribution >= 4 is 32.5 Å². The highest BCUT2D eigenvalue weighted by Crippen LogP contribution is 2.21. The predicted octanol–water partition coefficient (Wildman–Crippen LogP) is 4.44. The summed E-state index contributed by atoms with van der Waals surface area (Å²) in [5.41, 5.74) is 2.59. The lowest BCUT2D eigenvalue weighted by Gasteiger charge is -2.13. The summed E-state index contributed by atoms with van der Waals surface area (Å²) in [6, 6.07) is 13.0. The smallest absolute Gasteiger partial charge is 0.178 e. The van der Waals surface area contributed by atoms with Crippen molar-refractivity contribution in [2.24, 2.45) is 0 Å². The lowest BCUT2D eigenvalue weighted by atomic mass is 10.1. The van der Waals surface area contributed by atoms with Crippen LogP contribution in [0.15, 0.2) is 51.8 Å². The Hall–Kier alpha value is -1.26. The van der Waals surface area contributed by atoms with Crippen molar-refractivity contribution in [1.82, 2.24) is 0 Å². The second-order valence-electron chi connectivity index (χ2n) is 5.08. The molecule has 0 saturated heterocycles. The van der Waals surface area contributed by atoms with Crippen molar-refractivity contribution in [3.63, 3.8) is 0 Å². The zero-order valence-corrected chi connectivity index (χ0v) is 14.6. The van der Waals surface area contributed by atoms with Gasteiger partial charge < -0.3 is 0 Å². The third-order valence-corrected chi connectivity index (χ3v) is 5.64. The van der Waals surface area contributed by atoms with Crippen molar-refractivity contribution in [2.75, 3.05) is 0 Å². The minimum atomic E-state index is -1.35. The molecule has 0 spiro atoms. The van der Waals surface area contributed by atoms with Crippen LogP contribution in [0, 0.1) is 13.8 Å². The molecule has 0 radical (unpaired) electrons. The van der Waals surface area contributed by atoms with Crippen LogP contribution in [-0.2, 0) is 10.8 Å². The van der Waals surface area contributed by atoms with Gasteiger partial charge in [-0.15, -0.1) is 0 Å². The molecule has 0 aliphatic rings. The number of aryl methyl sites for hydroxylation is 2. The molecule has 2 aromatic rings. The summed E-state index contributed by atoms with van der Waals surface area (Å²) in [5, 5.41) is -0.563. The quantitative estimate of drug-likeness (QED) is 0.751. The fourth-order valence-electron chi connectivity index (χ4n) is 2.06. The van der Waals surface area contributed by atoms with Gasteiger partial charge in [0.15, 0.2) is 5.78 Å². The van der Waals surface area contributed by atoms with Gasteiger partial charge in [-0.05, 0) is 50.1 Å². The SMILES string of the molecule is Cc1ccc(C)c(S(=O)C(C)C(=O)c2ccc(Br)cc2)c1. The molecule has 0 aliphatic heterocycles. The van der Waals surface area contributed by atoms with Crippen LogP contribution < -0.4 is 0 Å². The number of carbonyl (C=O) groups excluding carboxylic acids is 1. The Balaban J connectivity index is 2.28. The molecule has 2 rings (SSSR count). The summed E-state index contributed by atoms with van der Waals surface area (Å²) in [4.78, 5) is 13.2. The fraction of sp³-hybridized carbons (Fsp3) is 0.235. The standard InChI is InChI=1S/C17H17BrO2S/c1-11-4-5-12(2)16(10-11)21(20)13(3)17(19)14-6-8-15(18)9-7-14/h4-10,13H,1-3H3. The molecule has 4 heteroatoms. The van der Waals surface area contributed by atoms with Crippen molar-refractivity contribution < 1.29 is 9.00 Å². The Morgan fingerprint density at radius 2 is 1.71 bits per heavy atom. The molecule has 0 N–H and O–H groups in total. The number of hydrogen-bond donors (Lipinski definition) is 0.